The molecule has 0 unspecified atom stereocenters. The number of nitrogens with one attached hydrogen (secondary N) is 1. The second-order valence-corrected chi connectivity index (χ2v) is 3.03. The van der Waals surface area contributed by atoms with Gasteiger partial charge in [-0.15, -0.1) is 9.49 Å². The van der Waals surface area contributed by atoms with Crippen LogP contribution >= 0.6 is 0 Å². The average molecular weight is 293 g/mol. The lowest BCUT2D eigenvalue weighted by molar-refractivity contribution is -0.441. The minimum atomic E-state index is -5.15. The van der Waals surface area contributed by atoms with E-state index in [2.05, 4.69) is 35.0 Å². The summed E-state index contributed by atoms with van der Waals surface area (Å²) in [5, 5.41) is 28.1. The Morgan fingerprint density at radius 1 is 1.35 bits per heavy atom. The van der Waals surface area contributed by atoms with E-state index in [0.29, 0.717) is 0 Å². The molecule has 106 valence electrons. The molecule has 2 aromatic rings. The maximum atomic E-state index is 12.0. The van der Waals surface area contributed by atoms with Gasteiger partial charge in [0.2, 0.25) is 5.82 Å². The first-order valence-corrected chi connectivity index (χ1v) is 4.55. The van der Waals surface area contributed by atoms with Crippen LogP contribution in [0.1, 0.15) is 0 Å². The molecule has 0 spiro atoms. The van der Waals surface area contributed by atoms with E-state index in [1.165, 1.54) is 5.32 Å². The molecule has 2 heterocycles. The van der Waals surface area contributed by atoms with E-state index >= 15 is 0 Å². The molecule has 0 saturated carbocycles. The molecule has 0 bridgehead atoms. The predicted molar refractivity (Wildman–Crippen MR) is 48.7 cm³/mol. The van der Waals surface area contributed by atoms with Gasteiger partial charge in [0.15, 0.2) is 11.4 Å². The zero-order valence-electron chi connectivity index (χ0n) is 9.03. The van der Waals surface area contributed by atoms with Crippen molar-refractivity contribution in [3.63, 3.8) is 0 Å². The SMILES string of the molecule is O=C(Nc1nonc1N=[N+]([O-])c1cnon1)C(F)(F)F. The third-order valence-corrected chi connectivity index (χ3v) is 1.69. The molecule has 14 heteroatoms. The van der Waals surface area contributed by atoms with Crippen LogP contribution in [0.4, 0.5) is 30.6 Å². The van der Waals surface area contributed by atoms with E-state index < -0.39 is 29.5 Å². The summed E-state index contributed by atoms with van der Waals surface area (Å²) in [4.78, 5) is 10.5. The average Bonchev–Trinajstić information content (AvgIpc) is 2.99. The summed E-state index contributed by atoms with van der Waals surface area (Å²) < 4.78 is 44.3. The number of hydrogen-bond acceptors (Lipinski definition) is 9. The number of hydrogen-bond donors (Lipinski definition) is 1. The van der Waals surface area contributed by atoms with Crippen LogP contribution in [0, 0.1) is 5.21 Å². The Labute approximate surface area is 105 Å². The van der Waals surface area contributed by atoms with Gasteiger partial charge in [0.1, 0.15) is 0 Å². The van der Waals surface area contributed by atoms with Crippen molar-refractivity contribution in [2.24, 2.45) is 5.11 Å². The molecule has 0 fully saturated rings. The zero-order valence-corrected chi connectivity index (χ0v) is 9.03. The Hall–Kier alpha value is -3.06. The van der Waals surface area contributed by atoms with Crippen LogP contribution in [-0.2, 0) is 4.79 Å². The predicted octanol–water partition coefficient (Wildman–Crippen LogP) is 0.879. The van der Waals surface area contributed by atoms with E-state index in [9.17, 15) is 23.2 Å². The number of carbonyl (C=O) groups is 1. The summed E-state index contributed by atoms with van der Waals surface area (Å²) in [5.74, 6) is -4.21. The van der Waals surface area contributed by atoms with Crippen molar-refractivity contribution in [2.75, 3.05) is 5.32 Å². The fourth-order valence-corrected chi connectivity index (χ4v) is 0.888. The monoisotopic (exact) mass is 293 g/mol. The number of rotatable bonds is 3. The fourth-order valence-electron chi connectivity index (χ4n) is 0.888. The van der Waals surface area contributed by atoms with Gasteiger partial charge >= 0.3 is 17.9 Å². The third-order valence-electron chi connectivity index (χ3n) is 1.69. The number of amides is 1. The number of alkyl halides is 3. The van der Waals surface area contributed by atoms with Crippen molar-refractivity contribution in [3.05, 3.63) is 11.4 Å². The summed E-state index contributed by atoms with van der Waals surface area (Å²) in [7, 11) is 0. The van der Waals surface area contributed by atoms with Gasteiger partial charge in [-0.25, -0.2) is 4.63 Å². The Kier molecular flexibility index (Phi) is 3.28. The zero-order chi connectivity index (χ0) is 14.8. The first kappa shape index (κ1) is 13.4. The molecular weight excluding hydrogens is 291 g/mol. The van der Waals surface area contributed by atoms with E-state index in [1.54, 1.807) is 0 Å². The summed E-state index contributed by atoms with van der Waals surface area (Å²) in [6, 6.07) is 0. The highest BCUT2D eigenvalue weighted by atomic mass is 19.4. The molecule has 2 aromatic heterocycles. The lowest BCUT2D eigenvalue weighted by Gasteiger charge is -2.04. The van der Waals surface area contributed by atoms with Gasteiger partial charge in [-0.1, -0.05) is 5.11 Å². The number of azo groups is 1. The maximum Gasteiger partial charge on any atom is 0.471 e. The standard InChI is InChI=1S/C6H2F3N7O4/c7-6(8,9)5(17)11-3-4(15-20-14-3)12-16(18)2-1-10-19-13-2/h1H,(H,11,14,17). The highest BCUT2D eigenvalue weighted by Crippen LogP contribution is 2.24. The molecule has 0 atom stereocenters. The minimum absolute atomic E-state index is 0.167. The molecule has 1 N–H and O–H groups in total. The topological polar surface area (TPSA) is 145 Å². The Bertz CT molecular complexity index is 633. The van der Waals surface area contributed by atoms with Crippen LogP contribution < -0.4 is 5.32 Å². The van der Waals surface area contributed by atoms with Gasteiger partial charge in [0, 0.05) is 0 Å². The highest BCUT2D eigenvalue weighted by Gasteiger charge is 2.39. The van der Waals surface area contributed by atoms with Crippen molar-refractivity contribution in [1.29, 1.82) is 0 Å². The number of nitrogens with zero attached hydrogens (tertiary/aromatic N) is 6. The quantitative estimate of drug-likeness (QED) is 0.498. The van der Waals surface area contributed by atoms with E-state index in [4.69, 9.17) is 0 Å². The number of carbonyl (C=O) groups excluding carboxylic acids is 1. The van der Waals surface area contributed by atoms with Gasteiger partial charge in [-0.3, -0.25) is 10.1 Å². The van der Waals surface area contributed by atoms with Crippen LogP contribution in [0.25, 0.3) is 0 Å². The van der Waals surface area contributed by atoms with Crippen LogP contribution in [0.2, 0.25) is 0 Å². The summed E-state index contributed by atoms with van der Waals surface area (Å²) in [6.07, 6.45) is -4.26. The van der Waals surface area contributed by atoms with Gasteiger partial charge in [0.05, 0.1) is 0 Å². The molecule has 20 heavy (non-hydrogen) atoms. The second-order valence-electron chi connectivity index (χ2n) is 3.03. The van der Waals surface area contributed by atoms with Crippen LogP contribution in [-0.4, -0.2) is 37.6 Å². The van der Waals surface area contributed by atoms with Crippen LogP contribution in [0.15, 0.2) is 20.6 Å². The Balaban J connectivity index is 2.21. The van der Waals surface area contributed by atoms with Crippen molar-refractivity contribution in [1.82, 2.24) is 20.6 Å². The molecule has 0 aliphatic carbocycles. The van der Waals surface area contributed by atoms with Crippen molar-refractivity contribution in [2.45, 2.75) is 6.18 Å². The maximum absolute atomic E-state index is 12.0. The summed E-state index contributed by atoms with van der Waals surface area (Å²) in [6.45, 7) is 0. The van der Waals surface area contributed by atoms with Crippen molar-refractivity contribution < 1.29 is 32.1 Å². The molecule has 0 saturated heterocycles. The molecule has 1 amide bonds. The number of aromatic nitrogens is 4. The summed E-state index contributed by atoms with van der Waals surface area (Å²) >= 11 is 0. The Morgan fingerprint density at radius 2 is 2.10 bits per heavy atom. The highest BCUT2D eigenvalue weighted by molar-refractivity contribution is 5.95. The normalized spacial score (nSPS) is 12.4. The molecule has 11 nitrogen and oxygen atoms in total. The molecule has 0 aromatic carbocycles. The van der Waals surface area contributed by atoms with Crippen LogP contribution in [0.5, 0.6) is 0 Å². The fraction of sp³-hybridized carbons (Fsp3) is 0.167. The number of halogens is 3. The summed E-state index contributed by atoms with van der Waals surface area (Å²) in [5.41, 5.74) is 0. The van der Waals surface area contributed by atoms with Crippen LogP contribution in [0.3, 0.4) is 0 Å². The van der Waals surface area contributed by atoms with E-state index in [0.717, 1.165) is 6.20 Å². The largest absolute Gasteiger partial charge is 0.690 e. The lowest BCUT2D eigenvalue weighted by Crippen LogP contribution is -2.30. The third kappa shape index (κ3) is 2.85. The van der Waals surface area contributed by atoms with Crippen molar-refractivity contribution >= 4 is 23.4 Å². The Morgan fingerprint density at radius 3 is 2.70 bits per heavy atom. The van der Waals surface area contributed by atoms with Crippen molar-refractivity contribution in [3.8, 4) is 0 Å². The van der Waals surface area contributed by atoms with Gasteiger partial charge in [0.25, 0.3) is 5.82 Å². The first-order chi connectivity index (χ1) is 9.38. The van der Waals surface area contributed by atoms with Gasteiger partial charge in [-0.2, -0.15) is 13.2 Å². The second kappa shape index (κ2) is 4.90. The van der Waals surface area contributed by atoms with E-state index in [-0.39, 0.29) is 4.86 Å². The lowest BCUT2D eigenvalue weighted by atomic mass is 10.5. The number of anilines is 1. The molecule has 0 radical (unpaired) electrons. The minimum Gasteiger partial charge on any atom is -0.690 e. The molecule has 0 aliphatic rings. The molecule has 2 rings (SSSR count). The molecule has 0 aliphatic heterocycles. The molecular formula is C6H2F3N7O4. The van der Waals surface area contributed by atoms with Gasteiger partial charge < -0.3 is 5.21 Å². The smallest absolute Gasteiger partial charge is 0.471 e. The van der Waals surface area contributed by atoms with Gasteiger partial charge in [-0.05, 0) is 15.5 Å². The first-order valence-electron chi connectivity index (χ1n) is 4.55. The van der Waals surface area contributed by atoms with E-state index in [1.807, 2.05) is 0 Å².